The molecular weight excluding hydrogens is 587 g/mol. The number of rotatable bonds is 9. The van der Waals surface area contributed by atoms with E-state index in [0.29, 0.717) is 42.1 Å². The standard InChI is InChI=1S/C32H38F3N7O3/c1-5-6-25(20-7-9-22(10-8-20)28(43)36-19-26-38-40-41-39-26)42-29(44)27(21-11-13-24(14-12-21)45-32(33,34)35)37-31(42)17-15-23(16-18-31)30(2,3)4/h7-14,23,25H,5-6,15-19H2,1-4H3,(H,36,43)(H,38,39,40,41)/t23?,25-,31?/m1/s1. The Kier molecular flexibility index (Phi) is 8.99. The highest BCUT2D eigenvalue weighted by atomic mass is 19.4. The lowest BCUT2D eigenvalue weighted by Crippen LogP contribution is -2.51. The third-order valence-corrected chi connectivity index (χ3v) is 8.79. The third-order valence-electron chi connectivity index (χ3n) is 8.79. The summed E-state index contributed by atoms with van der Waals surface area (Å²) in [5, 5.41) is 16.3. The number of alkyl halides is 3. The molecule has 1 aliphatic heterocycles. The Hall–Kier alpha value is -4.29. The molecule has 0 saturated heterocycles. The number of tetrazole rings is 1. The van der Waals surface area contributed by atoms with Crippen molar-refractivity contribution in [2.45, 2.75) is 90.8 Å². The second-order valence-corrected chi connectivity index (χ2v) is 12.8. The first-order valence-electron chi connectivity index (χ1n) is 15.2. The summed E-state index contributed by atoms with van der Waals surface area (Å²) >= 11 is 0. The fourth-order valence-corrected chi connectivity index (χ4v) is 6.44. The van der Waals surface area contributed by atoms with Gasteiger partial charge in [0, 0.05) is 11.1 Å². The number of aromatic nitrogens is 4. The van der Waals surface area contributed by atoms with E-state index in [1.165, 1.54) is 24.3 Å². The van der Waals surface area contributed by atoms with Gasteiger partial charge in [0.05, 0.1) is 12.6 Å². The van der Waals surface area contributed by atoms with Gasteiger partial charge in [-0.25, -0.2) is 0 Å². The average molecular weight is 626 g/mol. The van der Waals surface area contributed by atoms with Crippen LogP contribution in [-0.2, 0) is 11.3 Å². The number of carbonyl (C=O) groups is 2. The van der Waals surface area contributed by atoms with E-state index in [-0.39, 0.29) is 41.3 Å². The van der Waals surface area contributed by atoms with E-state index < -0.39 is 12.0 Å². The summed E-state index contributed by atoms with van der Waals surface area (Å²) in [6.07, 6.45) is -0.220. The number of benzene rings is 2. The molecule has 0 bridgehead atoms. The van der Waals surface area contributed by atoms with Crippen molar-refractivity contribution < 1.29 is 27.5 Å². The third kappa shape index (κ3) is 7.18. The van der Waals surface area contributed by atoms with Crippen molar-refractivity contribution in [1.82, 2.24) is 30.8 Å². The Morgan fingerprint density at radius 1 is 1.09 bits per heavy atom. The van der Waals surface area contributed by atoms with Gasteiger partial charge in [0.15, 0.2) is 5.82 Å². The molecule has 2 N–H and O–H groups in total. The number of ether oxygens (including phenoxy) is 1. The van der Waals surface area contributed by atoms with Crippen LogP contribution < -0.4 is 10.1 Å². The average Bonchev–Trinajstić information content (AvgIpc) is 3.61. The Labute approximate surface area is 259 Å². The minimum absolute atomic E-state index is 0.110. The SMILES string of the molecule is CCC[C@H](c1ccc(C(=O)NCc2nn[nH]n2)cc1)N1C(=O)C(c2ccc(OC(F)(F)F)cc2)=NC12CCC(C(C)(C)C)CC2. The fourth-order valence-electron chi connectivity index (χ4n) is 6.44. The van der Waals surface area contributed by atoms with Crippen molar-refractivity contribution >= 4 is 17.5 Å². The molecule has 1 aromatic heterocycles. The van der Waals surface area contributed by atoms with E-state index in [1.54, 1.807) is 12.1 Å². The first-order chi connectivity index (χ1) is 21.3. The number of nitrogens with zero attached hydrogens (tertiary/aromatic N) is 5. The lowest BCUT2D eigenvalue weighted by Gasteiger charge is -2.47. The van der Waals surface area contributed by atoms with Crippen LogP contribution in [0.15, 0.2) is 53.5 Å². The van der Waals surface area contributed by atoms with Gasteiger partial charge in [-0.05, 0) is 85.4 Å². The van der Waals surface area contributed by atoms with Crippen molar-refractivity contribution in [3.05, 3.63) is 71.0 Å². The topological polar surface area (TPSA) is 125 Å². The molecule has 1 fully saturated rings. The van der Waals surface area contributed by atoms with E-state index in [9.17, 15) is 22.8 Å². The molecule has 2 amide bonds. The number of aromatic amines is 1. The minimum Gasteiger partial charge on any atom is -0.406 e. The van der Waals surface area contributed by atoms with E-state index in [4.69, 9.17) is 4.99 Å². The highest BCUT2D eigenvalue weighted by Crippen LogP contribution is 2.50. The number of hydrogen-bond donors (Lipinski definition) is 2. The lowest BCUT2D eigenvalue weighted by atomic mass is 9.69. The number of nitrogens with one attached hydrogen (secondary N) is 2. The Bertz CT molecular complexity index is 1510. The van der Waals surface area contributed by atoms with Crippen LogP contribution in [0.3, 0.4) is 0 Å². The van der Waals surface area contributed by atoms with E-state index >= 15 is 0 Å². The van der Waals surface area contributed by atoms with Gasteiger partial charge >= 0.3 is 6.36 Å². The molecule has 5 rings (SSSR count). The minimum atomic E-state index is -4.81. The van der Waals surface area contributed by atoms with Gasteiger partial charge in [-0.15, -0.1) is 23.4 Å². The van der Waals surface area contributed by atoms with Crippen LogP contribution in [0.5, 0.6) is 5.75 Å². The molecule has 2 aromatic carbocycles. The molecule has 0 radical (unpaired) electrons. The number of halogens is 3. The lowest BCUT2D eigenvalue weighted by molar-refractivity contribution is -0.274. The van der Waals surface area contributed by atoms with Crippen molar-refractivity contribution in [3.63, 3.8) is 0 Å². The smallest absolute Gasteiger partial charge is 0.406 e. The van der Waals surface area contributed by atoms with Crippen molar-refractivity contribution in [1.29, 1.82) is 0 Å². The molecule has 240 valence electrons. The van der Waals surface area contributed by atoms with Gasteiger partial charge in [-0.3, -0.25) is 14.6 Å². The van der Waals surface area contributed by atoms with Crippen LogP contribution in [0.25, 0.3) is 0 Å². The first-order valence-corrected chi connectivity index (χ1v) is 15.2. The maximum Gasteiger partial charge on any atom is 0.573 e. The number of aliphatic imine (C=N–C) groups is 1. The summed E-state index contributed by atoms with van der Waals surface area (Å²) in [7, 11) is 0. The number of H-pyrrole nitrogens is 1. The van der Waals surface area contributed by atoms with E-state index in [1.807, 2.05) is 17.0 Å². The molecule has 2 aliphatic rings. The molecular formula is C32H38F3N7O3. The Morgan fingerprint density at radius 3 is 2.31 bits per heavy atom. The monoisotopic (exact) mass is 625 g/mol. The van der Waals surface area contributed by atoms with Crippen LogP contribution in [0.2, 0.25) is 0 Å². The van der Waals surface area contributed by atoms with E-state index in [0.717, 1.165) is 24.8 Å². The second-order valence-electron chi connectivity index (χ2n) is 12.8. The van der Waals surface area contributed by atoms with Gasteiger partial charge < -0.3 is 15.0 Å². The number of hydrogen-bond acceptors (Lipinski definition) is 7. The molecule has 1 aliphatic carbocycles. The van der Waals surface area contributed by atoms with Crippen LogP contribution in [0.4, 0.5) is 13.2 Å². The van der Waals surface area contributed by atoms with Crippen LogP contribution in [0, 0.1) is 11.3 Å². The summed E-state index contributed by atoms with van der Waals surface area (Å²) in [6, 6.07) is 12.2. The summed E-state index contributed by atoms with van der Waals surface area (Å²) in [5.74, 6) is -0.0848. The van der Waals surface area contributed by atoms with Crippen molar-refractivity contribution in [2.75, 3.05) is 0 Å². The van der Waals surface area contributed by atoms with Gasteiger partial charge in [0.1, 0.15) is 17.1 Å². The van der Waals surface area contributed by atoms with Gasteiger partial charge in [0.25, 0.3) is 11.8 Å². The molecule has 2 heterocycles. The van der Waals surface area contributed by atoms with E-state index in [2.05, 4.69) is 58.4 Å². The van der Waals surface area contributed by atoms with Gasteiger partial charge in [-0.2, -0.15) is 5.21 Å². The summed E-state index contributed by atoms with van der Waals surface area (Å²) in [4.78, 5) is 34.1. The largest absolute Gasteiger partial charge is 0.573 e. The number of amides is 2. The maximum absolute atomic E-state index is 14.3. The molecule has 1 atom stereocenters. The number of carbonyl (C=O) groups excluding carboxylic acids is 2. The fraction of sp³-hybridized carbons (Fsp3) is 0.500. The highest BCUT2D eigenvalue weighted by Gasteiger charge is 2.52. The van der Waals surface area contributed by atoms with Gasteiger partial charge in [0.2, 0.25) is 0 Å². The first kappa shape index (κ1) is 32.1. The molecule has 13 heteroatoms. The Morgan fingerprint density at radius 2 is 1.76 bits per heavy atom. The highest BCUT2D eigenvalue weighted by molar-refractivity contribution is 6.46. The van der Waals surface area contributed by atoms with Crippen LogP contribution in [-0.4, -0.2) is 55.1 Å². The second kappa shape index (κ2) is 12.6. The summed E-state index contributed by atoms with van der Waals surface area (Å²) in [6.45, 7) is 8.86. The molecule has 3 aromatic rings. The van der Waals surface area contributed by atoms with Crippen LogP contribution >= 0.6 is 0 Å². The maximum atomic E-state index is 14.3. The molecule has 1 saturated carbocycles. The zero-order chi connectivity index (χ0) is 32.4. The quantitative estimate of drug-likeness (QED) is 0.295. The molecule has 0 unspecified atom stereocenters. The molecule has 1 spiro atoms. The van der Waals surface area contributed by atoms with Gasteiger partial charge in [-0.1, -0.05) is 51.5 Å². The molecule has 45 heavy (non-hydrogen) atoms. The Balaban J connectivity index is 1.44. The van der Waals surface area contributed by atoms with Crippen molar-refractivity contribution in [3.8, 4) is 5.75 Å². The molecule has 10 nitrogen and oxygen atoms in total. The van der Waals surface area contributed by atoms with Crippen LogP contribution in [0.1, 0.15) is 99.6 Å². The summed E-state index contributed by atoms with van der Waals surface area (Å²) in [5.41, 5.74) is 1.33. The predicted molar refractivity (Wildman–Crippen MR) is 160 cm³/mol. The predicted octanol–water partition coefficient (Wildman–Crippen LogP) is 6.13. The zero-order valence-electron chi connectivity index (χ0n) is 25.8. The van der Waals surface area contributed by atoms with Crippen molar-refractivity contribution in [2.24, 2.45) is 16.3 Å². The zero-order valence-corrected chi connectivity index (χ0v) is 25.8. The summed E-state index contributed by atoms with van der Waals surface area (Å²) < 4.78 is 42.3. The normalized spacial score (nSPS) is 21.1.